The smallest absolute Gasteiger partial charge is 0.239 e. The van der Waals surface area contributed by atoms with Crippen LogP contribution in [0.15, 0.2) is 30.6 Å². The van der Waals surface area contributed by atoms with Crippen molar-refractivity contribution in [2.24, 2.45) is 0 Å². The molecule has 5 nitrogen and oxygen atoms in total. The molecule has 0 bridgehead atoms. The number of nitrogens with zero attached hydrogens (tertiary/aromatic N) is 3. The molecule has 0 aliphatic rings. The Bertz CT molecular complexity index is 439. The fourth-order valence-corrected chi connectivity index (χ4v) is 1.23. The van der Waals surface area contributed by atoms with Crippen molar-refractivity contribution in [1.82, 2.24) is 14.8 Å². The molecule has 2 aromatic heterocycles. The second-order valence-electron chi connectivity index (χ2n) is 2.95. The molecule has 2 heterocycles. The average Bonchev–Trinajstić information content (AvgIpc) is 2.75. The minimum atomic E-state index is 0.450. The van der Waals surface area contributed by atoms with Crippen molar-refractivity contribution in [2.75, 3.05) is 12.3 Å². The van der Waals surface area contributed by atoms with Gasteiger partial charge < -0.3 is 10.5 Å². The SMILES string of the molecule is CCOc1nc(-n2cccn2)ccc1N. The molecule has 0 amide bonds. The van der Waals surface area contributed by atoms with Crippen LogP contribution in [-0.2, 0) is 0 Å². The van der Waals surface area contributed by atoms with Gasteiger partial charge in [-0.25, -0.2) is 4.68 Å². The van der Waals surface area contributed by atoms with Crippen LogP contribution in [0.25, 0.3) is 5.82 Å². The van der Waals surface area contributed by atoms with E-state index in [4.69, 9.17) is 10.5 Å². The molecule has 0 spiro atoms. The van der Waals surface area contributed by atoms with E-state index in [0.29, 0.717) is 24.0 Å². The summed E-state index contributed by atoms with van der Waals surface area (Å²) in [5.74, 6) is 1.14. The second kappa shape index (κ2) is 4.00. The zero-order valence-electron chi connectivity index (χ0n) is 8.42. The number of aromatic nitrogens is 3. The predicted molar refractivity (Wildman–Crippen MR) is 56.9 cm³/mol. The van der Waals surface area contributed by atoms with E-state index in [1.807, 2.05) is 19.2 Å². The fourth-order valence-electron chi connectivity index (χ4n) is 1.23. The Morgan fingerprint density at radius 3 is 3.00 bits per heavy atom. The Kier molecular flexibility index (Phi) is 2.53. The maximum Gasteiger partial charge on any atom is 0.239 e. The van der Waals surface area contributed by atoms with Crippen LogP contribution in [0.1, 0.15) is 6.92 Å². The number of hydrogen-bond donors (Lipinski definition) is 1. The maximum atomic E-state index is 5.71. The van der Waals surface area contributed by atoms with Gasteiger partial charge in [0.2, 0.25) is 5.88 Å². The summed E-state index contributed by atoms with van der Waals surface area (Å²) < 4.78 is 6.95. The van der Waals surface area contributed by atoms with Gasteiger partial charge in [-0.05, 0) is 25.1 Å². The van der Waals surface area contributed by atoms with Gasteiger partial charge in [0, 0.05) is 12.4 Å². The van der Waals surface area contributed by atoms with Crippen molar-refractivity contribution in [2.45, 2.75) is 6.92 Å². The molecule has 2 rings (SSSR count). The van der Waals surface area contributed by atoms with Crippen molar-refractivity contribution >= 4 is 5.69 Å². The summed E-state index contributed by atoms with van der Waals surface area (Å²) >= 11 is 0. The number of hydrogen-bond acceptors (Lipinski definition) is 4. The lowest BCUT2D eigenvalue weighted by atomic mass is 10.4. The standard InChI is InChI=1S/C10H12N4O/c1-2-15-10-8(11)4-5-9(13-10)14-7-3-6-12-14/h3-7H,2,11H2,1H3. The minimum absolute atomic E-state index is 0.450. The highest BCUT2D eigenvalue weighted by atomic mass is 16.5. The van der Waals surface area contributed by atoms with Crippen molar-refractivity contribution in [3.63, 3.8) is 0 Å². The average molecular weight is 204 g/mol. The molecule has 2 N–H and O–H groups in total. The van der Waals surface area contributed by atoms with Gasteiger partial charge in [-0.1, -0.05) is 0 Å². The number of ether oxygens (including phenoxy) is 1. The van der Waals surface area contributed by atoms with Crippen LogP contribution in [0.4, 0.5) is 5.69 Å². The monoisotopic (exact) mass is 204 g/mol. The lowest BCUT2D eigenvalue weighted by Gasteiger charge is -2.07. The molecule has 15 heavy (non-hydrogen) atoms. The molecule has 0 radical (unpaired) electrons. The van der Waals surface area contributed by atoms with E-state index in [1.54, 1.807) is 23.0 Å². The zero-order chi connectivity index (χ0) is 10.7. The Labute approximate surface area is 87.5 Å². The third-order valence-corrected chi connectivity index (χ3v) is 1.90. The topological polar surface area (TPSA) is 66.0 Å². The Morgan fingerprint density at radius 1 is 1.47 bits per heavy atom. The van der Waals surface area contributed by atoms with E-state index < -0.39 is 0 Å². The van der Waals surface area contributed by atoms with Crippen LogP contribution >= 0.6 is 0 Å². The molecule has 5 heteroatoms. The van der Waals surface area contributed by atoms with Gasteiger partial charge in [-0.2, -0.15) is 10.1 Å². The Hall–Kier alpha value is -2.04. The largest absolute Gasteiger partial charge is 0.476 e. The number of nitrogens with two attached hydrogens (primary N) is 1. The number of nitrogen functional groups attached to an aromatic ring is 1. The number of rotatable bonds is 3. The van der Waals surface area contributed by atoms with Gasteiger partial charge in [0.25, 0.3) is 0 Å². The summed E-state index contributed by atoms with van der Waals surface area (Å²) in [6.07, 6.45) is 3.51. The van der Waals surface area contributed by atoms with Crippen molar-refractivity contribution < 1.29 is 4.74 Å². The van der Waals surface area contributed by atoms with Gasteiger partial charge >= 0.3 is 0 Å². The minimum Gasteiger partial charge on any atom is -0.476 e. The van der Waals surface area contributed by atoms with E-state index in [2.05, 4.69) is 10.1 Å². The fraction of sp³-hybridized carbons (Fsp3) is 0.200. The number of pyridine rings is 1. The molecule has 0 aliphatic carbocycles. The first kappa shape index (κ1) is 9.51. The quantitative estimate of drug-likeness (QED) is 0.817. The molecule has 0 atom stereocenters. The van der Waals surface area contributed by atoms with Crippen molar-refractivity contribution in [3.05, 3.63) is 30.6 Å². The molecule has 0 saturated heterocycles. The van der Waals surface area contributed by atoms with Gasteiger partial charge in [0.05, 0.1) is 12.3 Å². The normalized spacial score (nSPS) is 10.2. The Balaban J connectivity index is 2.38. The van der Waals surface area contributed by atoms with Crippen LogP contribution in [0.2, 0.25) is 0 Å². The lowest BCUT2D eigenvalue weighted by molar-refractivity contribution is 0.328. The van der Waals surface area contributed by atoms with E-state index in [0.717, 1.165) is 0 Å². The summed E-state index contributed by atoms with van der Waals surface area (Å²) in [6.45, 7) is 2.43. The maximum absolute atomic E-state index is 5.71. The first-order valence-electron chi connectivity index (χ1n) is 4.70. The predicted octanol–water partition coefficient (Wildman–Crippen LogP) is 1.25. The van der Waals surface area contributed by atoms with Crippen LogP contribution in [-0.4, -0.2) is 21.4 Å². The van der Waals surface area contributed by atoms with E-state index in [-0.39, 0.29) is 0 Å². The van der Waals surface area contributed by atoms with Crippen molar-refractivity contribution in [1.29, 1.82) is 0 Å². The summed E-state index contributed by atoms with van der Waals surface area (Å²) in [5.41, 5.74) is 6.25. The third-order valence-electron chi connectivity index (χ3n) is 1.90. The highest BCUT2D eigenvalue weighted by Gasteiger charge is 2.04. The highest BCUT2D eigenvalue weighted by molar-refractivity contribution is 5.50. The molecular formula is C10H12N4O. The molecule has 0 aliphatic heterocycles. The molecule has 0 unspecified atom stereocenters. The van der Waals surface area contributed by atoms with Crippen LogP contribution in [0.5, 0.6) is 5.88 Å². The van der Waals surface area contributed by atoms with Crippen LogP contribution in [0.3, 0.4) is 0 Å². The zero-order valence-corrected chi connectivity index (χ0v) is 8.42. The summed E-state index contributed by atoms with van der Waals surface area (Å²) in [5, 5.41) is 4.08. The summed E-state index contributed by atoms with van der Waals surface area (Å²) in [7, 11) is 0. The second-order valence-corrected chi connectivity index (χ2v) is 2.95. The number of anilines is 1. The molecular weight excluding hydrogens is 192 g/mol. The van der Waals surface area contributed by atoms with Crippen LogP contribution in [0, 0.1) is 0 Å². The van der Waals surface area contributed by atoms with E-state index >= 15 is 0 Å². The van der Waals surface area contributed by atoms with E-state index in [1.165, 1.54) is 0 Å². The van der Waals surface area contributed by atoms with Gasteiger partial charge in [0.15, 0.2) is 5.82 Å². The molecule has 78 valence electrons. The summed E-state index contributed by atoms with van der Waals surface area (Å²) in [6, 6.07) is 5.39. The van der Waals surface area contributed by atoms with E-state index in [9.17, 15) is 0 Å². The first-order valence-corrected chi connectivity index (χ1v) is 4.70. The first-order chi connectivity index (χ1) is 7.31. The van der Waals surface area contributed by atoms with Gasteiger partial charge in [0.1, 0.15) is 0 Å². The van der Waals surface area contributed by atoms with Crippen molar-refractivity contribution in [3.8, 4) is 11.7 Å². The lowest BCUT2D eigenvalue weighted by Crippen LogP contribution is -2.04. The van der Waals surface area contributed by atoms with Gasteiger partial charge in [-0.3, -0.25) is 0 Å². The van der Waals surface area contributed by atoms with Gasteiger partial charge in [-0.15, -0.1) is 0 Å². The summed E-state index contributed by atoms with van der Waals surface area (Å²) in [4.78, 5) is 4.26. The highest BCUT2D eigenvalue weighted by Crippen LogP contribution is 2.19. The molecule has 2 aromatic rings. The molecule has 0 saturated carbocycles. The third kappa shape index (κ3) is 1.90. The van der Waals surface area contributed by atoms with Crippen LogP contribution < -0.4 is 10.5 Å². The molecule has 0 fully saturated rings. The molecule has 0 aromatic carbocycles. The Morgan fingerprint density at radius 2 is 2.33 bits per heavy atom.